The molecule has 1 atom stereocenters. The molecule has 4 rings (SSSR count). The number of hydrogen-bond acceptors (Lipinski definition) is 1. The van der Waals surface area contributed by atoms with Crippen LogP contribution >= 0.6 is 9.90 Å². The molecule has 0 N–H and O–H groups in total. The van der Waals surface area contributed by atoms with Crippen molar-refractivity contribution < 1.29 is 131 Å². The Kier molecular flexibility index (Phi) is 63.9. The molecule has 0 aliphatic carbocycles. The quantitative estimate of drug-likeness (QED) is 0.127. The molecule has 0 aromatic heterocycles. The average Bonchev–Trinajstić information content (AvgIpc) is 2.83. The number of hydrogen-bond donors (Lipinski definition) is 0. The Labute approximate surface area is 346 Å². The van der Waals surface area contributed by atoms with E-state index in [2.05, 4.69) is 65.9 Å². The normalized spacial score (nSPS) is 7.33. The summed E-state index contributed by atoms with van der Waals surface area (Å²) in [5, 5.41) is 0. The van der Waals surface area contributed by atoms with E-state index in [1.807, 2.05) is 111 Å². The van der Waals surface area contributed by atoms with Crippen LogP contribution in [0.1, 0.15) is 29.2 Å². The van der Waals surface area contributed by atoms with E-state index >= 15 is 0 Å². The molecule has 1 nitrogen and oxygen atoms in total. The Hall–Kier alpha value is 1.69. The smallest absolute Gasteiger partial charge is 0 e. The molecule has 4 radical (unpaired) electrons. The summed E-state index contributed by atoms with van der Waals surface area (Å²) >= 11 is 0. The van der Waals surface area contributed by atoms with Crippen LogP contribution in [0.3, 0.4) is 0 Å². The summed E-state index contributed by atoms with van der Waals surface area (Å²) < 4.78 is 0. The van der Waals surface area contributed by atoms with Crippen molar-refractivity contribution in [2.24, 2.45) is 0 Å². The van der Waals surface area contributed by atoms with Crippen LogP contribution in [0.4, 0.5) is 0 Å². The van der Waals surface area contributed by atoms with Crippen LogP contribution in [0.15, 0.2) is 97.1 Å². The van der Waals surface area contributed by atoms with Crippen molar-refractivity contribution in [1.29, 1.82) is 0 Å². The first-order valence-corrected chi connectivity index (χ1v) is 11.2. The maximum atomic E-state index is 3.47. The zero-order valence-electron chi connectivity index (χ0n) is 25.1. The molecule has 39 heavy (non-hydrogen) atoms. The number of rotatable bonds is 0. The van der Waals surface area contributed by atoms with Gasteiger partial charge in [0.1, 0.15) is 0 Å². The molecule has 0 amide bonds. The summed E-state index contributed by atoms with van der Waals surface area (Å²) in [7, 11) is 7.25. The Balaban J connectivity index is -0.0000000632. The molecule has 4 aromatic carbocycles. The average molecular weight is 841 g/mol. The molecule has 204 valence electrons. The summed E-state index contributed by atoms with van der Waals surface area (Å²) in [5.41, 5.74) is 5.16. The van der Waals surface area contributed by atoms with E-state index in [9.17, 15) is 0 Å². The number of nitrogens with zero attached hydrogens (tertiary/aromatic N) is 1. The Bertz CT molecular complexity index is 743. The molecule has 0 saturated heterocycles. The van der Waals surface area contributed by atoms with Gasteiger partial charge in [-0.2, -0.15) is 160 Å². The molecule has 0 heterocycles. The number of aryl methyl sites for hydroxylation is 4. The van der Waals surface area contributed by atoms with Gasteiger partial charge in [-0.25, -0.2) is 0 Å². The first-order chi connectivity index (χ1) is 16.3. The molecular weight excluding hydrogens is 797 g/mol. The van der Waals surface area contributed by atoms with Gasteiger partial charge in [-0.05, 0) is 14.1 Å². The molecule has 6 heteroatoms. The zero-order valence-corrected chi connectivity index (χ0v) is 37.9. The van der Waals surface area contributed by atoms with Crippen LogP contribution in [-0.2, 0) is 131 Å². The van der Waals surface area contributed by atoms with Crippen LogP contribution in [0, 0.1) is 65.9 Å². The van der Waals surface area contributed by atoms with Gasteiger partial charge in [-0.1, -0.05) is 27.7 Å². The summed E-state index contributed by atoms with van der Waals surface area (Å²) in [4.78, 5) is 1.75. The topological polar surface area (TPSA) is 3.24 Å². The first kappa shape index (κ1) is 56.5. The minimum atomic E-state index is 0. The van der Waals surface area contributed by atoms with E-state index in [1.54, 1.807) is 11.8 Å². The maximum absolute atomic E-state index is 3.47. The van der Waals surface area contributed by atoms with Gasteiger partial charge in [-0.15, -0.1) is 0 Å². The van der Waals surface area contributed by atoms with Crippen molar-refractivity contribution in [1.82, 2.24) is 4.90 Å². The summed E-state index contributed by atoms with van der Waals surface area (Å²) in [6, 6.07) is 43.3. The summed E-state index contributed by atoms with van der Waals surface area (Å²) in [5.74, 6) is 0. The van der Waals surface area contributed by atoms with Gasteiger partial charge in [0, 0.05) is 131 Å². The molecule has 4 aromatic rings. The van der Waals surface area contributed by atoms with E-state index < -0.39 is 0 Å². The minimum absolute atomic E-state index is 0. The minimum Gasteiger partial charge on any atom is -0.464 e. The number of benzene rings is 4. The van der Waals surface area contributed by atoms with Gasteiger partial charge in [0.2, 0.25) is 0 Å². The fourth-order valence-corrected chi connectivity index (χ4v) is 1.88. The van der Waals surface area contributed by atoms with Gasteiger partial charge < -0.3 is 11.8 Å². The van der Waals surface area contributed by atoms with Crippen LogP contribution in [-0.4, -0.2) is 19.0 Å². The molecule has 0 aliphatic rings. The Morgan fingerprint density at radius 3 is 0.590 bits per heavy atom. The maximum Gasteiger partial charge on any atom is 0 e. The second-order valence-corrected chi connectivity index (χ2v) is 7.39. The fourth-order valence-electron chi connectivity index (χ4n) is 1.88. The van der Waals surface area contributed by atoms with Gasteiger partial charge in [-0.3, -0.25) is 7.05 Å². The van der Waals surface area contributed by atoms with Crippen molar-refractivity contribution in [3.8, 4) is 0 Å². The van der Waals surface area contributed by atoms with E-state index in [-0.39, 0.29) is 141 Å². The Morgan fingerprint density at radius 1 is 0.436 bits per heavy atom. The summed E-state index contributed by atoms with van der Waals surface area (Å²) in [6.45, 7) is 13.3. The molecule has 1 unspecified atom stereocenters. The SMILES string of the molecule is Cc1cc[c-]cc1.Cc1cc[c-]cc1.Cc1cc[c-]cc1.Cc1cc[c-]cc1.P.[CH2-]C.[CH2-]N(C)C.[Y].[Y].[Y].[Y]. The molecule has 0 bridgehead atoms. The predicted octanol–water partition coefficient (Wildman–Crippen LogP) is 8.41. The van der Waals surface area contributed by atoms with Crippen molar-refractivity contribution in [2.45, 2.75) is 34.6 Å². The van der Waals surface area contributed by atoms with Crippen molar-refractivity contribution in [3.05, 3.63) is 158 Å². The molecule has 0 aliphatic heterocycles. The first-order valence-electron chi connectivity index (χ1n) is 11.2. The Morgan fingerprint density at radius 2 is 0.538 bits per heavy atom. The molecule has 0 saturated carbocycles. The van der Waals surface area contributed by atoms with Crippen molar-refractivity contribution >= 4 is 9.90 Å². The van der Waals surface area contributed by atoms with E-state index in [4.69, 9.17) is 0 Å². The van der Waals surface area contributed by atoms with Crippen LogP contribution in [0.5, 0.6) is 0 Å². The molecule has 0 spiro atoms. The largest absolute Gasteiger partial charge is 0.464 e. The van der Waals surface area contributed by atoms with E-state index in [0.29, 0.717) is 0 Å². The fraction of sp³-hybridized carbons (Fsp3) is 0.212. The van der Waals surface area contributed by atoms with Crippen LogP contribution in [0.25, 0.3) is 0 Å². The van der Waals surface area contributed by atoms with Gasteiger partial charge in [0.15, 0.2) is 0 Å². The van der Waals surface area contributed by atoms with Crippen LogP contribution < -0.4 is 0 Å². The second-order valence-electron chi connectivity index (χ2n) is 7.39. The van der Waals surface area contributed by atoms with Crippen LogP contribution in [0.2, 0.25) is 0 Å². The second kappa shape index (κ2) is 44.1. The van der Waals surface area contributed by atoms with Crippen molar-refractivity contribution in [3.63, 3.8) is 0 Å². The third-order valence-electron chi connectivity index (χ3n) is 3.54. The van der Waals surface area contributed by atoms with E-state index in [0.717, 1.165) is 0 Å². The summed E-state index contributed by atoms with van der Waals surface area (Å²) in [6.07, 6.45) is 0. The third-order valence-corrected chi connectivity index (χ3v) is 3.54. The van der Waals surface area contributed by atoms with Gasteiger partial charge in [0.05, 0.1) is 0 Å². The van der Waals surface area contributed by atoms with Gasteiger partial charge in [0.25, 0.3) is 0 Å². The van der Waals surface area contributed by atoms with Crippen molar-refractivity contribution in [2.75, 3.05) is 14.1 Å². The standard InChI is InChI=1S/4C7H7.C3H8N.C2H5.H3P.4Y/c4*1-7-5-3-2-4-6-7;1-4(2)3;1-2;;;;;/h4*3-6H,1H3;1H2,2-3H3;1H2,2H3;1H3;;;;/q6*-1;;;;;. The van der Waals surface area contributed by atoms with Gasteiger partial charge >= 0.3 is 0 Å². The zero-order chi connectivity index (χ0) is 26.0. The third kappa shape index (κ3) is 49.7. The monoisotopic (exact) mass is 841 g/mol. The predicted molar refractivity (Wildman–Crippen MR) is 161 cm³/mol. The molecule has 0 fully saturated rings. The molecular formula is C33H44NPY4-6. The van der Waals surface area contributed by atoms with E-state index in [1.165, 1.54) is 22.3 Å².